The summed E-state index contributed by atoms with van der Waals surface area (Å²) in [5, 5.41) is 11.2. The molecule has 1 aliphatic heterocycles. The Kier molecular flexibility index (Phi) is 2.42. The van der Waals surface area contributed by atoms with Gasteiger partial charge in [-0.25, -0.2) is 9.78 Å². The summed E-state index contributed by atoms with van der Waals surface area (Å²) in [6.07, 6.45) is 1.15. The van der Waals surface area contributed by atoms with Crippen LogP contribution in [-0.4, -0.2) is 29.1 Å². The van der Waals surface area contributed by atoms with Crippen LogP contribution >= 0.6 is 11.3 Å². The van der Waals surface area contributed by atoms with Gasteiger partial charge in [0.25, 0.3) is 0 Å². The van der Waals surface area contributed by atoms with Gasteiger partial charge in [0, 0.05) is 23.9 Å². The topological polar surface area (TPSA) is 53.4 Å². The van der Waals surface area contributed by atoms with Gasteiger partial charge in [-0.3, -0.25) is 0 Å². The number of anilines is 1. The summed E-state index contributed by atoms with van der Waals surface area (Å²) in [5.41, 5.74) is 0.537. The minimum Gasteiger partial charge on any atom is -0.476 e. The molecule has 0 aromatic carbocycles. The van der Waals surface area contributed by atoms with Crippen molar-refractivity contribution in [3.8, 4) is 0 Å². The first-order valence-electron chi connectivity index (χ1n) is 4.98. The summed E-state index contributed by atoms with van der Waals surface area (Å²) in [4.78, 5) is 16.9. The lowest BCUT2D eigenvalue weighted by Gasteiger charge is -2.47. The Bertz CT molecular complexity index is 383. The number of hydrogen-bond acceptors (Lipinski definition) is 4. The van der Waals surface area contributed by atoms with Crippen LogP contribution in [0.5, 0.6) is 0 Å². The van der Waals surface area contributed by atoms with Gasteiger partial charge in [0.1, 0.15) is 0 Å². The molecular formula is C10H14N2O2S. The van der Waals surface area contributed by atoms with Crippen molar-refractivity contribution in [2.24, 2.45) is 5.41 Å². The molecule has 5 heteroatoms. The zero-order valence-corrected chi connectivity index (χ0v) is 9.67. The Morgan fingerprint density at radius 2 is 2.40 bits per heavy atom. The predicted molar refractivity (Wildman–Crippen MR) is 59.7 cm³/mol. The number of carboxylic acids is 1. The van der Waals surface area contributed by atoms with E-state index >= 15 is 0 Å². The lowest BCUT2D eigenvalue weighted by atomic mass is 9.80. The molecule has 2 rings (SSSR count). The van der Waals surface area contributed by atoms with Crippen LogP contribution in [0.2, 0.25) is 0 Å². The van der Waals surface area contributed by atoms with Gasteiger partial charge in [0.15, 0.2) is 10.8 Å². The van der Waals surface area contributed by atoms with Gasteiger partial charge < -0.3 is 10.0 Å². The molecule has 1 aromatic rings. The lowest BCUT2D eigenvalue weighted by molar-refractivity contribution is 0.0691. The average Bonchev–Trinajstić information content (AvgIpc) is 2.61. The smallest absolute Gasteiger partial charge is 0.355 e. The third-order valence-corrected chi connectivity index (χ3v) is 3.88. The van der Waals surface area contributed by atoms with Crippen molar-refractivity contribution in [2.75, 3.05) is 18.0 Å². The van der Waals surface area contributed by atoms with Crippen LogP contribution in [0, 0.1) is 5.41 Å². The molecule has 2 heterocycles. The standard InChI is InChI=1S/C10H14N2O2S/c1-3-10(2)5-12(6-10)9-11-7(4-15-9)8(13)14/h4H,3,5-6H2,1-2H3,(H,13,14). The van der Waals surface area contributed by atoms with E-state index in [0.717, 1.165) is 24.6 Å². The molecule has 15 heavy (non-hydrogen) atoms. The second kappa shape index (κ2) is 3.48. The molecule has 82 valence electrons. The lowest BCUT2D eigenvalue weighted by Crippen LogP contribution is -2.54. The second-order valence-electron chi connectivity index (χ2n) is 4.34. The van der Waals surface area contributed by atoms with Crippen LogP contribution in [0.15, 0.2) is 5.38 Å². The fourth-order valence-electron chi connectivity index (χ4n) is 1.74. The highest BCUT2D eigenvalue weighted by atomic mass is 32.1. The quantitative estimate of drug-likeness (QED) is 0.857. The van der Waals surface area contributed by atoms with E-state index in [0.29, 0.717) is 5.41 Å². The first-order chi connectivity index (χ1) is 7.04. The number of rotatable bonds is 3. The van der Waals surface area contributed by atoms with E-state index in [-0.39, 0.29) is 5.69 Å². The maximum atomic E-state index is 10.7. The second-order valence-corrected chi connectivity index (χ2v) is 5.18. The molecule has 0 spiro atoms. The minimum atomic E-state index is -0.948. The van der Waals surface area contributed by atoms with E-state index in [1.54, 1.807) is 5.38 Å². The number of thiazole rings is 1. The van der Waals surface area contributed by atoms with E-state index in [1.807, 2.05) is 0 Å². The molecule has 1 fully saturated rings. The molecule has 0 saturated carbocycles. The molecule has 1 aliphatic rings. The van der Waals surface area contributed by atoms with Crippen molar-refractivity contribution in [3.05, 3.63) is 11.1 Å². The van der Waals surface area contributed by atoms with Crippen molar-refractivity contribution in [2.45, 2.75) is 20.3 Å². The first kappa shape index (κ1) is 10.4. The average molecular weight is 226 g/mol. The Hall–Kier alpha value is -1.10. The van der Waals surface area contributed by atoms with Crippen LogP contribution in [0.4, 0.5) is 5.13 Å². The highest BCUT2D eigenvalue weighted by molar-refractivity contribution is 7.13. The van der Waals surface area contributed by atoms with Crippen molar-refractivity contribution in [1.29, 1.82) is 0 Å². The fraction of sp³-hybridized carbons (Fsp3) is 0.600. The third-order valence-electron chi connectivity index (χ3n) is 2.98. The highest BCUT2D eigenvalue weighted by Crippen LogP contribution is 2.37. The van der Waals surface area contributed by atoms with Crippen molar-refractivity contribution in [3.63, 3.8) is 0 Å². The van der Waals surface area contributed by atoms with E-state index in [2.05, 4.69) is 23.7 Å². The molecule has 0 radical (unpaired) electrons. The SMILES string of the molecule is CCC1(C)CN(c2nc(C(=O)O)cs2)C1. The third kappa shape index (κ3) is 1.84. The monoisotopic (exact) mass is 226 g/mol. The Morgan fingerprint density at radius 1 is 1.73 bits per heavy atom. The van der Waals surface area contributed by atoms with Crippen LogP contribution in [-0.2, 0) is 0 Å². The number of carbonyl (C=O) groups is 1. The zero-order chi connectivity index (χ0) is 11.1. The Morgan fingerprint density at radius 3 is 2.87 bits per heavy atom. The summed E-state index contributed by atoms with van der Waals surface area (Å²) < 4.78 is 0. The van der Waals surface area contributed by atoms with E-state index in [1.165, 1.54) is 11.3 Å². The molecule has 0 unspecified atom stereocenters. The molecule has 1 aromatic heterocycles. The number of aromatic carboxylic acids is 1. The van der Waals surface area contributed by atoms with Gasteiger partial charge >= 0.3 is 5.97 Å². The molecule has 0 aliphatic carbocycles. The van der Waals surface area contributed by atoms with Gasteiger partial charge in [0.05, 0.1) is 0 Å². The van der Waals surface area contributed by atoms with Gasteiger partial charge in [-0.2, -0.15) is 0 Å². The normalized spacial score (nSPS) is 18.7. The first-order valence-corrected chi connectivity index (χ1v) is 5.86. The fourth-order valence-corrected chi connectivity index (χ4v) is 2.54. The van der Waals surface area contributed by atoms with E-state index in [4.69, 9.17) is 5.11 Å². The molecule has 1 saturated heterocycles. The van der Waals surface area contributed by atoms with Crippen LogP contribution in [0.1, 0.15) is 30.8 Å². The summed E-state index contributed by atoms with van der Waals surface area (Å²) >= 11 is 1.41. The summed E-state index contributed by atoms with van der Waals surface area (Å²) in [7, 11) is 0. The van der Waals surface area contributed by atoms with Crippen LogP contribution in [0.3, 0.4) is 0 Å². The molecule has 0 atom stereocenters. The largest absolute Gasteiger partial charge is 0.476 e. The number of carboxylic acid groups (broad SMARTS) is 1. The van der Waals surface area contributed by atoms with Crippen LogP contribution < -0.4 is 4.90 Å². The number of hydrogen-bond donors (Lipinski definition) is 1. The summed E-state index contributed by atoms with van der Waals surface area (Å²) in [6, 6.07) is 0. The van der Waals surface area contributed by atoms with Gasteiger partial charge in [-0.1, -0.05) is 13.8 Å². The maximum absolute atomic E-state index is 10.7. The Balaban J connectivity index is 2.04. The maximum Gasteiger partial charge on any atom is 0.355 e. The number of nitrogens with zero attached hydrogens (tertiary/aromatic N) is 2. The number of aromatic nitrogens is 1. The van der Waals surface area contributed by atoms with Crippen molar-refractivity contribution < 1.29 is 9.90 Å². The molecule has 1 N–H and O–H groups in total. The van der Waals surface area contributed by atoms with Gasteiger partial charge in [-0.15, -0.1) is 11.3 Å². The van der Waals surface area contributed by atoms with Gasteiger partial charge in [0.2, 0.25) is 0 Å². The van der Waals surface area contributed by atoms with E-state index in [9.17, 15) is 4.79 Å². The minimum absolute atomic E-state index is 0.153. The van der Waals surface area contributed by atoms with Gasteiger partial charge in [-0.05, 0) is 6.42 Å². The molecular weight excluding hydrogens is 212 g/mol. The molecule has 4 nitrogen and oxygen atoms in total. The molecule has 0 bridgehead atoms. The van der Waals surface area contributed by atoms with Crippen molar-refractivity contribution >= 4 is 22.4 Å². The van der Waals surface area contributed by atoms with Crippen LogP contribution in [0.25, 0.3) is 0 Å². The van der Waals surface area contributed by atoms with E-state index < -0.39 is 5.97 Å². The highest BCUT2D eigenvalue weighted by Gasteiger charge is 2.38. The zero-order valence-electron chi connectivity index (χ0n) is 8.86. The Labute approximate surface area is 92.6 Å². The molecule has 0 amide bonds. The van der Waals surface area contributed by atoms with Crippen molar-refractivity contribution in [1.82, 2.24) is 4.98 Å². The summed E-state index contributed by atoms with van der Waals surface area (Å²) in [6.45, 7) is 6.39. The predicted octanol–water partition coefficient (Wildman–Crippen LogP) is 2.08. The summed E-state index contributed by atoms with van der Waals surface area (Å²) in [5.74, 6) is -0.948.